The van der Waals surface area contributed by atoms with Gasteiger partial charge in [-0.25, -0.2) is 4.98 Å². The van der Waals surface area contributed by atoms with E-state index in [2.05, 4.69) is 9.97 Å². The summed E-state index contributed by atoms with van der Waals surface area (Å²) in [7, 11) is 0. The van der Waals surface area contributed by atoms with Crippen LogP contribution in [0.4, 0.5) is 13.2 Å². The second-order valence-electron chi connectivity index (χ2n) is 3.74. The highest BCUT2D eigenvalue weighted by Gasteiger charge is 2.30. The van der Waals surface area contributed by atoms with Crippen LogP contribution >= 0.6 is 11.6 Å². The molecular weight excluding hydrogens is 281 g/mol. The Kier molecular flexibility index (Phi) is 3.61. The molecular formula is C12H8ClF3N2O. The van der Waals surface area contributed by atoms with E-state index in [1.54, 1.807) is 6.92 Å². The third-order valence-electron chi connectivity index (χ3n) is 2.19. The second-order valence-corrected chi connectivity index (χ2v) is 4.08. The number of aromatic nitrogens is 2. The van der Waals surface area contributed by atoms with E-state index in [-0.39, 0.29) is 16.9 Å². The van der Waals surface area contributed by atoms with Crippen molar-refractivity contribution in [2.24, 2.45) is 0 Å². The smallest absolute Gasteiger partial charge is 0.416 e. The Morgan fingerprint density at radius 2 is 1.89 bits per heavy atom. The number of rotatable bonds is 2. The predicted octanol–water partition coefficient (Wildman–Crippen LogP) is 4.25. The average molecular weight is 289 g/mol. The van der Waals surface area contributed by atoms with E-state index in [0.717, 1.165) is 12.1 Å². The molecule has 0 bridgehead atoms. The molecule has 0 radical (unpaired) electrons. The van der Waals surface area contributed by atoms with Crippen LogP contribution in [-0.4, -0.2) is 9.97 Å². The van der Waals surface area contributed by atoms with Crippen LogP contribution in [0.1, 0.15) is 11.3 Å². The zero-order valence-electron chi connectivity index (χ0n) is 9.70. The molecule has 0 fully saturated rings. The predicted molar refractivity (Wildman–Crippen MR) is 63.3 cm³/mol. The molecule has 0 aliphatic rings. The lowest BCUT2D eigenvalue weighted by Crippen LogP contribution is -2.04. The van der Waals surface area contributed by atoms with Crippen LogP contribution in [0.25, 0.3) is 0 Å². The molecule has 0 N–H and O–H groups in total. The highest BCUT2D eigenvalue weighted by Crippen LogP contribution is 2.32. The van der Waals surface area contributed by atoms with Crippen molar-refractivity contribution in [3.8, 4) is 11.6 Å². The zero-order valence-corrected chi connectivity index (χ0v) is 10.5. The summed E-state index contributed by atoms with van der Waals surface area (Å²) in [6, 6.07) is 6.00. The van der Waals surface area contributed by atoms with E-state index in [0.29, 0.717) is 5.69 Å². The monoisotopic (exact) mass is 288 g/mol. The number of benzene rings is 1. The van der Waals surface area contributed by atoms with Gasteiger partial charge in [-0.2, -0.15) is 18.2 Å². The van der Waals surface area contributed by atoms with Crippen LogP contribution in [0.5, 0.6) is 11.6 Å². The second kappa shape index (κ2) is 5.05. The fourth-order valence-corrected chi connectivity index (χ4v) is 1.63. The summed E-state index contributed by atoms with van der Waals surface area (Å²) in [4.78, 5) is 7.60. The fourth-order valence-electron chi connectivity index (χ4n) is 1.41. The first-order valence-corrected chi connectivity index (χ1v) is 5.59. The van der Waals surface area contributed by atoms with Gasteiger partial charge in [0.2, 0.25) is 11.2 Å². The minimum absolute atomic E-state index is 0.0259. The molecule has 0 aliphatic heterocycles. The first kappa shape index (κ1) is 13.6. The molecule has 0 atom stereocenters. The molecule has 0 aliphatic carbocycles. The molecule has 1 aromatic heterocycles. The Hall–Kier alpha value is -1.82. The summed E-state index contributed by atoms with van der Waals surface area (Å²) < 4.78 is 42.8. The Labute approximate surface area is 112 Å². The van der Waals surface area contributed by atoms with Crippen molar-refractivity contribution in [2.45, 2.75) is 13.1 Å². The zero-order chi connectivity index (χ0) is 14.0. The lowest BCUT2D eigenvalue weighted by Gasteiger charge is -2.09. The lowest BCUT2D eigenvalue weighted by atomic mass is 10.2. The third-order valence-corrected chi connectivity index (χ3v) is 2.36. The minimum atomic E-state index is -4.42. The number of hydrogen-bond acceptors (Lipinski definition) is 3. The largest absolute Gasteiger partial charge is 0.439 e. The Morgan fingerprint density at radius 3 is 2.53 bits per heavy atom. The number of alkyl halides is 3. The number of aryl methyl sites for hydroxylation is 1. The first-order chi connectivity index (χ1) is 8.84. The van der Waals surface area contributed by atoms with Gasteiger partial charge >= 0.3 is 6.18 Å². The van der Waals surface area contributed by atoms with E-state index in [1.165, 1.54) is 18.2 Å². The van der Waals surface area contributed by atoms with E-state index in [4.69, 9.17) is 16.3 Å². The summed E-state index contributed by atoms with van der Waals surface area (Å²) in [5.74, 6) is 0.126. The molecule has 7 heteroatoms. The molecule has 3 nitrogen and oxygen atoms in total. The van der Waals surface area contributed by atoms with Crippen LogP contribution in [0, 0.1) is 6.92 Å². The topological polar surface area (TPSA) is 35.0 Å². The molecule has 0 spiro atoms. The molecule has 2 aromatic rings. The SMILES string of the molecule is Cc1cc(Oc2cccc(C(F)(F)F)c2)nc(Cl)n1. The van der Waals surface area contributed by atoms with Crippen molar-refractivity contribution in [1.82, 2.24) is 9.97 Å². The van der Waals surface area contributed by atoms with Crippen LogP contribution in [-0.2, 0) is 6.18 Å². The summed E-state index contributed by atoms with van der Waals surface area (Å²) in [6.07, 6.45) is -4.42. The van der Waals surface area contributed by atoms with Gasteiger partial charge in [-0.3, -0.25) is 0 Å². The molecule has 19 heavy (non-hydrogen) atoms. The highest BCUT2D eigenvalue weighted by molar-refractivity contribution is 6.28. The van der Waals surface area contributed by atoms with Crippen molar-refractivity contribution in [3.63, 3.8) is 0 Å². The first-order valence-electron chi connectivity index (χ1n) is 5.21. The van der Waals surface area contributed by atoms with Gasteiger partial charge in [-0.1, -0.05) is 6.07 Å². The Balaban J connectivity index is 2.28. The molecule has 0 saturated carbocycles. The van der Waals surface area contributed by atoms with Gasteiger partial charge in [0.15, 0.2) is 0 Å². The molecule has 100 valence electrons. The van der Waals surface area contributed by atoms with E-state index in [9.17, 15) is 13.2 Å². The van der Waals surface area contributed by atoms with E-state index < -0.39 is 11.7 Å². The summed E-state index contributed by atoms with van der Waals surface area (Å²) in [6.45, 7) is 1.67. The molecule has 1 heterocycles. The Bertz CT molecular complexity index is 582. The van der Waals surface area contributed by atoms with Gasteiger partial charge in [0, 0.05) is 11.8 Å². The van der Waals surface area contributed by atoms with Crippen LogP contribution in [0.2, 0.25) is 5.28 Å². The summed E-state index contributed by atoms with van der Waals surface area (Å²) in [5, 5.41) is -0.0259. The number of ether oxygens (including phenoxy) is 1. The summed E-state index contributed by atoms with van der Waals surface area (Å²) >= 11 is 5.64. The number of nitrogens with zero attached hydrogens (tertiary/aromatic N) is 2. The van der Waals surface area contributed by atoms with Crippen LogP contribution in [0.15, 0.2) is 30.3 Å². The number of hydrogen-bond donors (Lipinski definition) is 0. The van der Waals surface area contributed by atoms with Gasteiger partial charge < -0.3 is 4.74 Å². The van der Waals surface area contributed by atoms with Crippen LogP contribution < -0.4 is 4.74 Å². The van der Waals surface area contributed by atoms with E-state index >= 15 is 0 Å². The molecule has 0 unspecified atom stereocenters. The third kappa shape index (κ3) is 3.57. The van der Waals surface area contributed by atoms with Gasteiger partial charge in [-0.05, 0) is 36.7 Å². The summed E-state index contributed by atoms with van der Waals surface area (Å²) in [5.41, 5.74) is -0.233. The Morgan fingerprint density at radius 1 is 1.16 bits per heavy atom. The average Bonchev–Trinajstić information content (AvgIpc) is 2.26. The lowest BCUT2D eigenvalue weighted by molar-refractivity contribution is -0.137. The minimum Gasteiger partial charge on any atom is -0.439 e. The molecule has 1 aromatic carbocycles. The van der Waals surface area contributed by atoms with E-state index in [1.807, 2.05) is 0 Å². The molecule has 0 amide bonds. The highest BCUT2D eigenvalue weighted by atomic mass is 35.5. The maximum absolute atomic E-state index is 12.5. The fraction of sp³-hybridized carbons (Fsp3) is 0.167. The van der Waals surface area contributed by atoms with Gasteiger partial charge in [0.05, 0.1) is 5.56 Å². The quantitative estimate of drug-likeness (QED) is 0.775. The molecule has 2 rings (SSSR count). The van der Waals surface area contributed by atoms with Crippen molar-refractivity contribution >= 4 is 11.6 Å². The standard InChI is InChI=1S/C12H8ClF3N2O/c1-7-5-10(18-11(13)17-7)19-9-4-2-3-8(6-9)12(14,15)16/h2-6H,1H3. The van der Waals surface area contributed by atoms with Gasteiger partial charge in [0.25, 0.3) is 0 Å². The van der Waals surface area contributed by atoms with Crippen molar-refractivity contribution < 1.29 is 17.9 Å². The van der Waals surface area contributed by atoms with Crippen molar-refractivity contribution in [3.05, 3.63) is 46.9 Å². The molecule has 0 saturated heterocycles. The van der Waals surface area contributed by atoms with Gasteiger partial charge in [0.1, 0.15) is 5.75 Å². The maximum atomic E-state index is 12.5. The normalized spacial score (nSPS) is 11.4. The van der Waals surface area contributed by atoms with Crippen LogP contribution in [0.3, 0.4) is 0 Å². The van der Waals surface area contributed by atoms with Crippen molar-refractivity contribution in [1.29, 1.82) is 0 Å². The maximum Gasteiger partial charge on any atom is 0.416 e. The van der Waals surface area contributed by atoms with Crippen molar-refractivity contribution in [2.75, 3.05) is 0 Å². The number of halogens is 4. The van der Waals surface area contributed by atoms with Gasteiger partial charge in [-0.15, -0.1) is 0 Å².